The highest BCUT2D eigenvalue weighted by Gasteiger charge is 2.62. The van der Waals surface area contributed by atoms with Crippen LogP contribution in [0, 0.1) is 52.3 Å². The number of rotatable bonds is 23. The highest BCUT2D eigenvalue weighted by Crippen LogP contribution is 2.68. The summed E-state index contributed by atoms with van der Waals surface area (Å²) in [7, 11) is 0. The van der Waals surface area contributed by atoms with Crippen LogP contribution in [-0.2, 0) is 0 Å². The average Bonchev–Trinajstić information content (AvgIpc) is 3.34. The fourth-order valence-corrected chi connectivity index (χ4v) is 12.6. The Balaban J connectivity index is 1.18. The third-order valence-electron chi connectivity index (χ3n) is 15.2. The minimum absolute atomic E-state index is 0.572. The molecule has 0 spiro atoms. The van der Waals surface area contributed by atoms with Gasteiger partial charge >= 0.3 is 0 Å². The first kappa shape index (κ1) is 38.8. The van der Waals surface area contributed by atoms with Gasteiger partial charge in [0.05, 0.1) is 0 Å². The van der Waals surface area contributed by atoms with Crippen molar-refractivity contribution in [2.45, 2.75) is 227 Å². The zero-order chi connectivity index (χ0) is 32.8. The van der Waals surface area contributed by atoms with Gasteiger partial charge in [0.2, 0.25) is 0 Å². The maximum Gasteiger partial charge on any atom is 0.0106 e. The number of hydrogen-bond donors (Lipinski definition) is 1. The van der Waals surface area contributed by atoms with Gasteiger partial charge in [-0.25, -0.2) is 0 Å². The lowest BCUT2D eigenvalue weighted by Gasteiger charge is -2.60. The van der Waals surface area contributed by atoms with E-state index in [0.29, 0.717) is 10.8 Å². The molecule has 270 valence electrons. The second kappa shape index (κ2) is 20.0. The van der Waals surface area contributed by atoms with E-state index in [9.17, 15) is 0 Å². The molecule has 2 unspecified atom stereocenters. The molecule has 0 saturated heterocycles. The highest BCUT2D eigenvalue weighted by atomic mass is 14.9. The molecule has 1 heteroatoms. The molecule has 0 aromatic heterocycles. The Hall–Kier alpha value is -0.0400. The molecule has 0 radical (unpaired) electrons. The van der Waals surface area contributed by atoms with Crippen LogP contribution in [0.1, 0.15) is 221 Å². The minimum atomic E-state index is 0.572. The first-order valence-electron chi connectivity index (χ1n) is 22.0. The largest absolute Gasteiger partial charge is 0.314 e. The summed E-state index contributed by atoms with van der Waals surface area (Å²) in [6.45, 7) is 16.7. The Morgan fingerprint density at radius 3 is 1.80 bits per heavy atom. The first-order valence-corrected chi connectivity index (χ1v) is 22.0. The molecule has 4 aliphatic rings. The third-order valence-corrected chi connectivity index (χ3v) is 15.2. The molecule has 4 saturated carbocycles. The molecular formula is C45H85N. The van der Waals surface area contributed by atoms with Crippen molar-refractivity contribution in [3.8, 4) is 0 Å². The number of unbranched alkanes of at least 4 members (excludes halogenated alkanes) is 15. The van der Waals surface area contributed by atoms with Gasteiger partial charge in [-0.1, -0.05) is 170 Å². The molecule has 9 atom stereocenters. The Bertz CT molecular complexity index is 803. The normalized spacial score (nSPS) is 34.8. The van der Waals surface area contributed by atoms with Crippen molar-refractivity contribution in [1.82, 2.24) is 5.32 Å². The van der Waals surface area contributed by atoms with E-state index in [1.54, 1.807) is 25.7 Å². The average molecular weight is 640 g/mol. The van der Waals surface area contributed by atoms with E-state index in [1.165, 1.54) is 161 Å². The van der Waals surface area contributed by atoms with E-state index in [0.717, 1.165) is 47.5 Å². The van der Waals surface area contributed by atoms with E-state index in [-0.39, 0.29) is 0 Å². The van der Waals surface area contributed by atoms with Crippen LogP contribution in [-0.4, -0.2) is 12.6 Å². The standard InChI is InChI=1S/C45H85N/c1-7-8-9-10-11-12-13-14-15-16-17-18-19-20-21-24-34-46-42-35-41-39-30-29-38-28-22-23-32-44(38,5)40(39)31-33-45(41,6)43(42)37(4)27-25-26-36(2)3/h36-43,46H,7-35H2,1-6H3/t37-,38?,39-,40+,41+,42?,43+,44+,45+/m1/s1. The first-order chi connectivity index (χ1) is 22.3. The number of hydrogen-bond acceptors (Lipinski definition) is 1. The quantitative estimate of drug-likeness (QED) is 0.110. The Kier molecular flexibility index (Phi) is 16.8. The minimum Gasteiger partial charge on any atom is -0.314 e. The van der Waals surface area contributed by atoms with E-state index in [1.807, 2.05) is 0 Å². The van der Waals surface area contributed by atoms with Gasteiger partial charge in [0.25, 0.3) is 0 Å². The molecule has 46 heavy (non-hydrogen) atoms. The van der Waals surface area contributed by atoms with Crippen LogP contribution in [0.15, 0.2) is 0 Å². The molecule has 4 rings (SSSR count). The Morgan fingerprint density at radius 1 is 0.587 bits per heavy atom. The molecule has 0 aromatic rings. The Morgan fingerprint density at radius 2 is 1.20 bits per heavy atom. The van der Waals surface area contributed by atoms with E-state index in [2.05, 4.69) is 46.9 Å². The van der Waals surface area contributed by atoms with Crippen LogP contribution < -0.4 is 5.32 Å². The molecular weight excluding hydrogens is 555 g/mol. The van der Waals surface area contributed by atoms with Gasteiger partial charge < -0.3 is 5.32 Å². The van der Waals surface area contributed by atoms with Crippen molar-refractivity contribution in [3.05, 3.63) is 0 Å². The topological polar surface area (TPSA) is 12.0 Å². The van der Waals surface area contributed by atoms with E-state index >= 15 is 0 Å². The van der Waals surface area contributed by atoms with Crippen LogP contribution in [0.4, 0.5) is 0 Å². The molecule has 0 aromatic carbocycles. The van der Waals surface area contributed by atoms with Crippen LogP contribution in [0.2, 0.25) is 0 Å². The van der Waals surface area contributed by atoms with Crippen molar-refractivity contribution in [2.75, 3.05) is 6.54 Å². The molecule has 4 fully saturated rings. The van der Waals surface area contributed by atoms with Gasteiger partial charge in [-0.15, -0.1) is 0 Å². The van der Waals surface area contributed by atoms with Crippen molar-refractivity contribution in [1.29, 1.82) is 0 Å². The fraction of sp³-hybridized carbons (Fsp3) is 1.00. The van der Waals surface area contributed by atoms with Gasteiger partial charge in [0.15, 0.2) is 0 Å². The molecule has 0 aliphatic heterocycles. The monoisotopic (exact) mass is 640 g/mol. The van der Waals surface area contributed by atoms with Crippen molar-refractivity contribution in [3.63, 3.8) is 0 Å². The van der Waals surface area contributed by atoms with Gasteiger partial charge in [-0.3, -0.25) is 0 Å². The SMILES string of the molecule is CCCCCCCCCCCCCCCCCCNC1C[C@H]2[C@@H]3CCC4CCCC[C@]4(C)[C@H]3CC[C@]2(C)[C@H]1[C@H](C)CCCC(C)C. The van der Waals surface area contributed by atoms with E-state index in [4.69, 9.17) is 0 Å². The lowest BCUT2D eigenvalue weighted by atomic mass is 9.44. The molecule has 1 N–H and O–H groups in total. The van der Waals surface area contributed by atoms with Gasteiger partial charge in [-0.2, -0.15) is 0 Å². The van der Waals surface area contributed by atoms with Gasteiger partial charge in [0.1, 0.15) is 0 Å². The maximum atomic E-state index is 4.30. The van der Waals surface area contributed by atoms with Crippen LogP contribution in [0.25, 0.3) is 0 Å². The van der Waals surface area contributed by atoms with Gasteiger partial charge in [0, 0.05) is 6.04 Å². The molecule has 0 bridgehead atoms. The second-order valence-corrected chi connectivity index (χ2v) is 18.9. The predicted octanol–water partition coefficient (Wildman–Crippen LogP) is 14.3. The second-order valence-electron chi connectivity index (χ2n) is 18.9. The summed E-state index contributed by atoms with van der Waals surface area (Å²) in [6, 6.07) is 0.774. The highest BCUT2D eigenvalue weighted by molar-refractivity contribution is 5.12. The Labute approximate surface area is 290 Å². The summed E-state index contributed by atoms with van der Waals surface area (Å²) in [4.78, 5) is 0. The predicted molar refractivity (Wildman–Crippen MR) is 204 cm³/mol. The summed E-state index contributed by atoms with van der Waals surface area (Å²) in [5.41, 5.74) is 1.24. The number of fused-ring (bicyclic) bond motifs is 5. The van der Waals surface area contributed by atoms with Crippen molar-refractivity contribution >= 4 is 0 Å². The maximum absolute atomic E-state index is 4.30. The smallest absolute Gasteiger partial charge is 0.0106 e. The van der Waals surface area contributed by atoms with Crippen LogP contribution in [0.3, 0.4) is 0 Å². The summed E-state index contributed by atoms with van der Waals surface area (Å²) < 4.78 is 0. The lowest BCUT2D eigenvalue weighted by molar-refractivity contribution is -0.114. The summed E-state index contributed by atoms with van der Waals surface area (Å²) in [5, 5.41) is 4.30. The third kappa shape index (κ3) is 10.5. The summed E-state index contributed by atoms with van der Waals surface area (Å²) in [6.07, 6.45) is 41.5. The molecule has 1 nitrogen and oxygen atoms in total. The van der Waals surface area contributed by atoms with Crippen LogP contribution in [0.5, 0.6) is 0 Å². The molecule has 4 aliphatic carbocycles. The van der Waals surface area contributed by atoms with Crippen molar-refractivity contribution in [2.24, 2.45) is 52.3 Å². The fourth-order valence-electron chi connectivity index (χ4n) is 12.6. The van der Waals surface area contributed by atoms with Gasteiger partial charge in [-0.05, 0) is 110 Å². The van der Waals surface area contributed by atoms with Crippen LogP contribution >= 0.6 is 0 Å². The zero-order valence-corrected chi connectivity index (χ0v) is 32.6. The summed E-state index contributed by atoms with van der Waals surface area (Å²) >= 11 is 0. The lowest BCUT2D eigenvalue weighted by Crippen LogP contribution is -2.53. The van der Waals surface area contributed by atoms with Crippen molar-refractivity contribution < 1.29 is 0 Å². The zero-order valence-electron chi connectivity index (χ0n) is 32.6. The summed E-state index contributed by atoms with van der Waals surface area (Å²) in [5.74, 6) is 6.68. The molecule has 0 amide bonds. The van der Waals surface area contributed by atoms with E-state index < -0.39 is 0 Å². The molecule has 0 heterocycles. The number of nitrogens with one attached hydrogen (secondary N) is 1.